The van der Waals surface area contributed by atoms with Crippen LogP contribution >= 0.6 is 0 Å². The number of rotatable bonds is 11. The maximum absolute atomic E-state index is 10.9. The molecule has 0 aromatic carbocycles. The number of aliphatic carboxylic acids is 2. The molecule has 0 aromatic rings. The standard InChI is InChI=1S/C11H21NO9/c13-4-7(15)10(19)9(18)6(14)3-12-5(11(20)21)1-2-8(16)17/h5-7,9-10,12-15,18-19H,1-4H2,(H,16,17)(H,20,21)/t5-,6+,7+,9+,10+/m0/s1. The van der Waals surface area contributed by atoms with Crippen LogP contribution in [0, 0.1) is 0 Å². The maximum Gasteiger partial charge on any atom is 0.320 e. The smallest absolute Gasteiger partial charge is 0.320 e. The molecule has 0 saturated carbocycles. The Bertz CT molecular complexity index is 338. The van der Waals surface area contributed by atoms with Crippen molar-refractivity contribution in [2.75, 3.05) is 13.2 Å². The molecule has 0 fully saturated rings. The Morgan fingerprint density at radius 3 is 1.90 bits per heavy atom. The third-order valence-electron chi connectivity index (χ3n) is 2.84. The Balaban J connectivity index is 4.38. The molecular weight excluding hydrogens is 290 g/mol. The van der Waals surface area contributed by atoms with Crippen molar-refractivity contribution in [3.8, 4) is 0 Å². The summed E-state index contributed by atoms with van der Waals surface area (Å²) in [5, 5.41) is 65.8. The number of hydrogen-bond acceptors (Lipinski definition) is 8. The molecule has 10 nitrogen and oxygen atoms in total. The van der Waals surface area contributed by atoms with Gasteiger partial charge in [0.15, 0.2) is 0 Å². The third-order valence-corrected chi connectivity index (χ3v) is 2.84. The van der Waals surface area contributed by atoms with Crippen LogP contribution in [0.15, 0.2) is 0 Å². The molecule has 0 aliphatic carbocycles. The van der Waals surface area contributed by atoms with Crippen LogP contribution in [0.4, 0.5) is 0 Å². The molecule has 8 N–H and O–H groups in total. The molecule has 0 radical (unpaired) electrons. The number of aliphatic hydroxyl groups is 5. The van der Waals surface area contributed by atoms with Gasteiger partial charge in [0.05, 0.1) is 12.7 Å². The number of aliphatic hydroxyl groups excluding tert-OH is 5. The molecule has 0 heterocycles. The normalized spacial score (nSPS) is 18.5. The summed E-state index contributed by atoms with van der Waals surface area (Å²) in [6.07, 6.45) is -7.52. The van der Waals surface area contributed by atoms with E-state index in [2.05, 4.69) is 5.32 Å². The first kappa shape index (κ1) is 19.7. The molecule has 0 saturated heterocycles. The highest BCUT2D eigenvalue weighted by atomic mass is 16.4. The summed E-state index contributed by atoms with van der Waals surface area (Å²) in [4.78, 5) is 21.2. The van der Waals surface area contributed by atoms with Gasteiger partial charge in [-0.2, -0.15) is 0 Å². The van der Waals surface area contributed by atoms with E-state index in [4.69, 9.17) is 20.4 Å². The lowest BCUT2D eigenvalue weighted by molar-refractivity contribution is -0.141. The van der Waals surface area contributed by atoms with Gasteiger partial charge in [-0.1, -0.05) is 0 Å². The Kier molecular flexibility index (Phi) is 9.01. The first-order chi connectivity index (χ1) is 9.70. The molecular formula is C11H21NO9. The van der Waals surface area contributed by atoms with E-state index in [0.29, 0.717) is 0 Å². The molecule has 5 atom stereocenters. The fraction of sp³-hybridized carbons (Fsp3) is 0.818. The zero-order chi connectivity index (χ0) is 16.6. The maximum atomic E-state index is 10.9. The van der Waals surface area contributed by atoms with E-state index in [1.807, 2.05) is 0 Å². The van der Waals surface area contributed by atoms with Crippen molar-refractivity contribution in [2.45, 2.75) is 43.3 Å². The zero-order valence-electron chi connectivity index (χ0n) is 11.2. The van der Waals surface area contributed by atoms with Gasteiger partial charge in [-0.25, -0.2) is 0 Å². The molecule has 0 aliphatic rings. The minimum Gasteiger partial charge on any atom is -0.481 e. The predicted octanol–water partition coefficient (Wildman–Crippen LogP) is -3.67. The summed E-state index contributed by atoms with van der Waals surface area (Å²) in [5.41, 5.74) is 0. The van der Waals surface area contributed by atoms with Gasteiger partial charge in [-0.3, -0.25) is 9.59 Å². The lowest BCUT2D eigenvalue weighted by Gasteiger charge is -2.26. The van der Waals surface area contributed by atoms with Crippen molar-refractivity contribution in [1.82, 2.24) is 5.32 Å². The predicted molar refractivity (Wildman–Crippen MR) is 67.4 cm³/mol. The molecule has 0 rings (SSSR count). The Morgan fingerprint density at radius 2 is 1.48 bits per heavy atom. The first-order valence-electron chi connectivity index (χ1n) is 6.21. The summed E-state index contributed by atoms with van der Waals surface area (Å²) < 4.78 is 0. The molecule has 0 spiro atoms. The molecule has 21 heavy (non-hydrogen) atoms. The van der Waals surface area contributed by atoms with E-state index in [1.165, 1.54) is 0 Å². The second-order valence-corrected chi connectivity index (χ2v) is 4.53. The molecule has 124 valence electrons. The highest BCUT2D eigenvalue weighted by Crippen LogP contribution is 2.06. The van der Waals surface area contributed by atoms with Gasteiger partial charge in [0.1, 0.15) is 24.4 Å². The van der Waals surface area contributed by atoms with Gasteiger partial charge in [0.25, 0.3) is 0 Å². The van der Waals surface area contributed by atoms with Crippen LogP contribution < -0.4 is 5.32 Å². The van der Waals surface area contributed by atoms with Crippen LogP contribution in [0.5, 0.6) is 0 Å². The molecule has 0 amide bonds. The van der Waals surface area contributed by atoms with Crippen molar-refractivity contribution in [3.63, 3.8) is 0 Å². The monoisotopic (exact) mass is 311 g/mol. The Morgan fingerprint density at radius 1 is 0.952 bits per heavy atom. The largest absolute Gasteiger partial charge is 0.481 e. The first-order valence-corrected chi connectivity index (χ1v) is 6.21. The number of carbonyl (C=O) groups is 2. The summed E-state index contributed by atoms with van der Waals surface area (Å²) in [7, 11) is 0. The highest BCUT2D eigenvalue weighted by molar-refractivity contribution is 5.75. The lowest BCUT2D eigenvalue weighted by Crippen LogP contribution is -2.51. The summed E-state index contributed by atoms with van der Waals surface area (Å²) >= 11 is 0. The van der Waals surface area contributed by atoms with Crippen LogP contribution in [0.1, 0.15) is 12.8 Å². The van der Waals surface area contributed by atoms with Crippen molar-refractivity contribution >= 4 is 11.9 Å². The molecule has 10 heteroatoms. The second kappa shape index (κ2) is 9.60. The van der Waals surface area contributed by atoms with Crippen molar-refractivity contribution in [1.29, 1.82) is 0 Å². The third kappa shape index (κ3) is 7.32. The highest BCUT2D eigenvalue weighted by Gasteiger charge is 2.30. The second-order valence-electron chi connectivity index (χ2n) is 4.53. The minimum absolute atomic E-state index is 0.227. The van der Waals surface area contributed by atoms with E-state index < -0.39 is 62.0 Å². The van der Waals surface area contributed by atoms with Crippen LogP contribution in [0.25, 0.3) is 0 Å². The van der Waals surface area contributed by atoms with Crippen molar-refractivity contribution in [2.24, 2.45) is 0 Å². The van der Waals surface area contributed by atoms with Crippen LogP contribution in [0.2, 0.25) is 0 Å². The molecule has 0 aromatic heterocycles. The van der Waals surface area contributed by atoms with Crippen LogP contribution in [0.3, 0.4) is 0 Å². The van der Waals surface area contributed by atoms with Gasteiger partial charge >= 0.3 is 11.9 Å². The topological polar surface area (TPSA) is 188 Å². The molecule has 0 bridgehead atoms. The van der Waals surface area contributed by atoms with Gasteiger partial charge in [0, 0.05) is 13.0 Å². The number of carboxylic acid groups (broad SMARTS) is 2. The number of nitrogens with one attached hydrogen (secondary N) is 1. The van der Waals surface area contributed by atoms with Gasteiger partial charge in [-0.05, 0) is 6.42 Å². The lowest BCUT2D eigenvalue weighted by atomic mass is 10.0. The average Bonchev–Trinajstić information content (AvgIpc) is 2.43. The minimum atomic E-state index is -1.81. The summed E-state index contributed by atoms with van der Waals surface area (Å²) in [6.45, 7) is -1.28. The van der Waals surface area contributed by atoms with E-state index in [9.17, 15) is 24.9 Å². The van der Waals surface area contributed by atoms with Gasteiger partial charge in [0.2, 0.25) is 0 Å². The fourth-order valence-corrected chi connectivity index (χ4v) is 1.53. The fourth-order valence-electron chi connectivity index (χ4n) is 1.53. The quantitative estimate of drug-likeness (QED) is 0.189. The number of carboxylic acids is 2. The number of hydrogen-bond donors (Lipinski definition) is 8. The van der Waals surface area contributed by atoms with Crippen LogP contribution in [-0.4, -0.2) is 91.3 Å². The molecule has 0 unspecified atom stereocenters. The van der Waals surface area contributed by atoms with Crippen LogP contribution in [-0.2, 0) is 9.59 Å². The van der Waals surface area contributed by atoms with Crippen molar-refractivity contribution in [3.05, 3.63) is 0 Å². The van der Waals surface area contributed by atoms with E-state index in [-0.39, 0.29) is 6.42 Å². The van der Waals surface area contributed by atoms with Crippen molar-refractivity contribution < 1.29 is 45.3 Å². The van der Waals surface area contributed by atoms with E-state index in [1.54, 1.807) is 0 Å². The van der Waals surface area contributed by atoms with E-state index in [0.717, 1.165) is 0 Å². The van der Waals surface area contributed by atoms with Gasteiger partial charge < -0.3 is 41.1 Å². The summed E-state index contributed by atoms with van der Waals surface area (Å²) in [5.74, 6) is -2.50. The SMILES string of the molecule is O=C(O)CC[C@H](NC[C@@H](O)[C@@H](O)[C@H](O)[C@H](O)CO)C(=O)O. The zero-order valence-corrected chi connectivity index (χ0v) is 11.2. The average molecular weight is 311 g/mol. The summed E-state index contributed by atoms with van der Waals surface area (Å²) in [6, 6.07) is -1.25. The van der Waals surface area contributed by atoms with Gasteiger partial charge in [-0.15, -0.1) is 0 Å². The molecule has 0 aliphatic heterocycles. The Labute approximate surface area is 120 Å². The Hall–Kier alpha value is -1.30. The van der Waals surface area contributed by atoms with E-state index >= 15 is 0 Å².